The lowest BCUT2D eigenvalue weighted by atomic mass is 9.69. The Balaban J connectivity index is 1.96. The van der Waals surface area contributed by atoms with Crippen molar-refractivity contribution >= 4 is 11.6 Å². The molecular weight excluding hydrogens is 289 g/mol. The van der Waals surface area contributed by atoms with Crippen molar-refractivity contribution in [3.8, 4) is 5.75 Å². The molecule has 0 radical (unpaired) electrons. The van der Waals surface area contributed by atoms with Crippen molar-refractivity contribution in [1.29, 1.82) is 0 Å². The van der Waals surface area contributed by atoms with E-state index in [4.69, 9.17) is 22.1 Å². The zero-order chi connectivity index (χ0) is 14.9. The molecule has 2 aliphatic carbocycles. The molecule has 1 aromatic carbocycles. The van der Waals surface area contributed by atoms with Gasteiger partial charge in [-0.1, -0.05) is 30.9 Å². The summed E-state index contributed by atoms with van der Waals surface area (Å²) in [5, 5.41) is 0.379. The van der Waals surface area contributed by atoms with Gasteiger partial charge in [-0.15, -0.1) is 0 Å². The summed E-state index contributed by atoms with van der Waals surface area (Å²) in [4.78, 5) is 0. The molecule has 0 saturated heterocycles. The molecule has 2 fully saturated rings. The van der Waals surface area contributed by atoms with Gasteiger partial charge in [0.2, 0.25) is 0 Å². The number of halogens is 2. The molecule has 0 aromatic heterocycles. The number of ether oxygens (including phenoxy) is 1. The molecule has 0 bridgehead atoms. The zero-order valence-corrected chi connectivity index (χ0v) is 13.1. The maximum Gasteiger partial charge on any atom is 0.141 e. The van der Waals surface area contributed by atoms with E-state index < -0.39 is 0 Å². The molecule has 1 aromatic rings. The molecule has 2 aliphatic rings. The second-order valence-electron chi connectivity index (χ2n) is 6.56. The first-order valence-electron chi connectivity index (χ1n) is 7.97. The number of hydrogen-bond acceptors (Lipinski definition) is 2. The number of hydrogen-bond donors (Lipinski definition) is 1. The van der Waals surface area contributed by atoms with Gasteiger partial charge in [-0.3, -0.25) is 0 Å². The lowest BCUT2D eigenvalue weighted by Gasteiger charge is -2.38. The smallest absolute Gasteiger partial charge is 0.141 e. The van der Waals surface area contributed by atoms with Gasteiger partial charge >= 0.3 is 0 Å². The van der Waals surface area contributed by atoms with Crippen molar-refractivity contribution in [2.45, 2.75) is 50.4 Å². The number of rotatable bonds is 5. The molecule has 2 nitrogen and oxygen atoms in total. The first-order chi connectivity index (χ1) is 10.1. The van der Waals surface area contributed by atoms with Crippen molar-refractivity contribution < 1.29 is 9.13 Å². The summed E-state index contributed by atoms with van der Waals surface area (Å²) >= 11 is 6.27. The summed E-state index contributed by atoms with van der Waals surface area (Å²) < 4.78 is 19.9. The van der Waals surface area contributed by atoms with Crippen LogP contribution in [0.25, 0.3) is 0 Å². The second kappa shape index (κ2) is 6.13. The first kappa shape index (κ1) is 15.1. The SMILES string of the molecule is NCC1(c2cc(F)cc(Cl)c2OCC2CC2)CCCCC1. The van der Waals surface area contributed by atoms with Crippen LogP contribution in [-0.4, -0.2) is 13.2 Å². The average Bonchev–Trinajstić information content (AvgIpc) is 3.30. The minimum Gasteiger partial charge on any atom is -0.491 e. The highest BCUT2D eigenvalue weighted by Crippen LogP contribution is 2.46. The molecule has 3 rings (SSSR count). The maximum atomic E-state index is 13.9. The van der Waals surface area contributed by atoms with E-state index in [1.807, 2.05) is 0 Å². The van der Waals surface area contributed by atoms with Crippen molar-refractivity contribution in [1.82, 2.24) is 0 Å². The van der Waals surface area contributed by atoms with E-state index in [1.54, 1.807) is 6.07 Å². The van der Waals surface area contributed by atoms with Crippen LogP contribution >= 0.6 is 11.6 Å². The molecule has 0 unspecified atom stereocenters. The van der Waals surface area contributed by atoms with Gasteiger partial charge < -0.3 is 10.5 Å². The Morgan fingerprint density at radius 3 is 2.57 bits per heavy atom. The fraction of sp³-hybridized carbons (Fsp3) is 0.647. The highest BCUT2D eigenvalue weighted by molar-refractivity contribution is 6.32. The van der Waals surface area contributed by atoms with Crippen LogP contribution in [0.1, 0.15) is 50.5 Å². The summed E-state index contributed by atoms with van der Waals surface area (Å²) in [5.74, 6) is 1.00. The van der Waals surface area contributed by atoms with Gasteiger partial charge in [0, 0.05) is 17.5 Å². The van der Waals surface area contributed by atoms with Gasteiger partial charge in [-0.25, -0.2) is 4.39 Å². The van der Waals surface area contributed by atoms with Crippen LogP contribution in [0.3, 0.4) is 0 Å². The highest BCUT2D eigenvalue weighted by atomic mass is 35.5. The van der Waals surface area contributed by atoms with Crippen LogP contribution < -0.4 is 10.5 Å². The molecule has 0 spiro atoms. The molecule has 0 aliphatic heterocycles. The molecule has 21 heavy (non-hydrogen) atoms. The van der Waals surface area contributed by atoms with Gasteiger partial charge in [0.15, 0.2) is 0 Å². The third-order valence-electron chi connectivity index (χ3n) is 4.94. The highest BCUT2D eigenvalue weighted by Gasteiger charge is 2.36. The summed E-state index contributed by atoms with van der Waals surface area (Å²) in [7, 11) is 0. The minimum atomic E-state index is -0.299. The van der Waals surface area contributed by atoms with Crippen LogP contribution in [0, 0.1) is 11.7 Å². The third kappa shape index (κ3) is 3.19. The fourth-order valence-corrected chi connectivity index (χ4v) is 3.66. The van der Waals surface area contributed by atoms with Crippen molar-refractivity contribution in [3.05, 3.63) is 28.5 Å². The van der Waals surface area contributed by atoms with E-state index in [1.165, 1.54) is 25.3 Å². The van der Waals surface area contributed by atoms with E-state index >= 15 is 0 Å². The molecule has 2 saturated carbocycles. The molecule has 116 valence electrons. The Hall–Kier alpha value is -0.800. The number of benzene rings is 1. The van der Waals surface area contributed by atoms with E-state index in [9.17, 15) is 4.39 Å². The Kier molecular flexibility index (Phi) is 4.41. The zero-order valence-electron chi connectivity index (χ0n) is 12.3. The number of nitrogens with two attached hydrogens (primary N) is 1. The maximum absolute atomic E-state index is 13.9. The Labute approximate surface area is 130 Å². The van der Waals surface area contributed by atoms with Crippen LogP contribution in [0.15, 0.2) is 12.1 Å². The Bertz CT molecular complexity index is 510. The Morgan fingerprint density at radius 1 is 1.24 bits per heavy atom. The minimum absolute atomic E-state index is 0.178. The Morgan fingerprint density at radius 2 is 1.95 bits per heavy atom. The second-order valence-corrected chi connectivity index (χ2v) is 6.97. The lowest BCUT2D eigenvalue weighted by molar-refractivity contribution is 0.261. The van der Waals surface area contributed by atoms with Gasteiger partial charge in [0.25, 0.3) is 0 Å². The predicted molar refractivity (Wildman–Crippen MR) is 83.4 cm³/mol. The average molecular weight is 312 g/mol. The third-order valence-corrected chi connectivity index (χ3v) is 5.22. The van der Waals surface area contributed by atoms with E-state index in [0.717, 1.165) is 31.2 Å². The van der Waals surface area contributed by atoms with E-state index in [-0.39, 0.29) is 11.2 Å². The van der Waals surface area contributed by atoms with Crippen LogP contribution in [0.5, 0.6) is 5.75 Å². The molecular formula is C17H23ClFNO. The van der Waals surface area contributed by atoms with Gasteiger partial charge in [0.05, 0.1) is 11.6 Å². The van der Waals surface area contributed by atoms with Crippen LogP contribution in [0.4, 0.5) is 4.39 Å². The van der Waals surface area contributed by atoms with E-state index in [0.29, 0.717) is 29.8 Å². The molecule has 4 heteroatoms. The quantitative estimate of drug-likeness (QED) is 0.873. The largest absolute Gasteiger partial charge is 0.491 e. The normalized spacial score (nSPS) is 21.3. The van der Waals surface area contributed by atoms with Crippen molar-refractivity contribution in [2.75, 3.05) is 13.2 Å². The first-order valence-corrected chi connectivity index (χ1v) is 8.35. The molecule has 0 amide bonds. The van der Waals surface area contributed by atoms with Crippen LogP contribution in [0.2, 0.25) is 5.02 Å². The van der Waals surface area contributed by atoms with Gasteiger partial charge in [0.1, 0.15) is 11.6 Å². The summed E-state index contributed by atoms with van der Waals surface area (Å²) in [5.41, 5.74) is 6.79. The lowest BCUT2D eigenvalue weighted by Crippen LogP contribution is -2.37. The summed E-state index contributed by atoms with van der Waals surface area (Å²) in [6, 6.07) is 2.94. The summed E-state index contributed by atoms with van der Waals surface area (Å²) in [6.45, 7) is 1.20. The van der Waals surface area contributed by atoms with Gasteiger partial charge in [-0.2, -0.15) is 0 Å². The van der Waals surface area contributed by atoms with Crippen LogP contribution in [-0.2, 0) is 5.41 Å². The van der Waals surface area contributed by atoms with Gasteiger partial charge in [-0.05, 0) is 43.7 Å². The molecule has 0 heterocycles. The fourth-order valence-electron chi connectivity index (χ4n) is 3.40. The van der Waals surface area contributed by atoms with E-state index in [2.05, 4.69) is 0 Å². The summed E-state index contributed by atoms with van der Waals surface area (Å²) in [6.07, 6.45) is 7.91. The van der Waals surface area contributed by atoms with Crippen molar-refractivity contribution in [3.63, 3.8) is 0 Å². The van der Waals surface area contributed by atoms with Crippen molar-refractivity contribution in [2.24, 2.45) is 11.7 Å². The molecule has 2 N–H and O–H groups in total. The standard InChI is InChI=1S/C17H23ClFNO/c18-15-9-13(19)8-14(16(15)21-10-12-4-5-12)17(11-20)6-2-1-3-7-17/h8-9,12H,1-7,10-11,20H2. The topological polar surface area (TPSA) is 35.2 Å². The predicted octanol–water partition coefficient (Wildman–Crippen LogP) is 4.43. The molecule has 0 atom stereocenters. The monoisotopic (exact) mass is 311 g/mol.